The van der Waals surface area contributed by atoms with E-state index >= 15 is 0 Å². The Balaban J connectivity index is 2.73. The van der Waals surface area contributed by atoms with Gasteiger partial charge in [-0.25, -0.2) is 0 Å². The van der Waals surface area contributed by atoms with E-state index in [1.54, 1.807) is 0 Å². The van der Waals surface area contributed by atoms with Gasteiger partial charge in [0, 0.05) is 0 Å². The van der Waals surface area contributed by atoms with E-state index in [2.05, 4.69) is 0 Å². The monoisotopic (exact) mass is 60.0 g/mol. The third kappa shape index (κ3) is 1.34. The van der Waals surface area contributed by atoms with Crippen LogP contribution < -0.4 is 0 Å². The molecule has 2 heteroatoms. The Morgan fingerprint density at radius 3 is 1.25 bits per heavy atom. The zero-order chi connectivity index (χ0) is 3.41. The van der Waals surface area contributed by atoms with Crippen molar-refractivity contribution in [2.24, 2.45) is 0 Å². The van der Waals surface area contributed by atoms with Gasteiger partial charge in [0.1, 0.15) is 0 Å². The Labute approximate surface area is 23.4 Å². The van der Waals surface area contributed by atoms with Crippen LogP contribution in [0.15, 0.2) is 0 Å². The first-order chi connectivity index (χ1) is 1.91. The highest BCUT2D eigenvalue weighted by atomic mass is 16.2. The van der Waals surface area contributed by atoms with Crippen LogP contribution in [0.2, 0.25) is 0 Å². The van der Waals surface area contributed by atoms with Gasteiger partial charge < -0.3 is 0 Å². The summed E-state index contributed by atoms with van der Waals surface area (Å²) < 4.78 is 0. The molecule has 0 fully saturated rings. The lowest BCUT2D eigenvalue weighted by Gasteiger charge is -1.31. The highest BCUT2D eigenvalue weighted by molar-refractivity contribution is 6.09. The van der Waals surface area contributed by atoms with E-state index in [0.717, 1.165) is 0 Å². The van der Waals surface area contributed by atoms with Gasteiger partial charge in [-0.3, -0.25) is 9.59 Å². The van der Waals surface area contributed by atoms with Crippen LogP contribution in [0.1, 0.15) is 0 Å². The van der Waals surface area contributed by atoms with Crippen LogP contribution in [0.5, 0.6) is 0 Å². The molecule has 0 unspecified atom stereocenters. The van der Waals surface area contributed by atoms with Gasteiger partial charge in [0.05, 0.1) is 0 Å². The van der Waals surface area contributed by atoms with Crippen molar-refractivity contribution >= 4 is 12.6 Å². The second-order valence-electron chi connectivity index (χ2n) is 0.272. The first kappa shape index (κ1) is 3.34. The van der Waals surface area contributed by atoms with Crippen LogP contribution in [0, 0.1) is 0 Å². The van der Waals surface area contributed by atoms with Crippen molar-refractivity contribution in [2.75, 3.05) is 0 Å². The first-order valence-corrected chi connectivity index (χ1v) is 0.805. The van der Waals surface area contributed by atoms with Gasteiger partial charge in [-0.15, -0.1) is 0 Å². The quantitative estimate of drug-likeness (QED) is 0.230. The van der Waals surface area contributed by atoms with Crippen LogP contribution in [0.25, 0.3) is 0 Å². The molecule has 4 heavy (non-hydrogen) atoms. The van der Waals surface area contributed by atoms with Gasteiger partial charge in [-0.1, -0.05) is 0 Å². The van der Waals surface area contributed by atoms with E-state index in [1.165, 1.54) is 0 Å². The van der Waals surface area contributed by atoms with E-state index in [0.29, 0.717) is 0 Å². The molecule has 0 aromatic heterocycles. The number of carbonyl (C=O) groups excluding carboxylic acids is 2. The van der Waals surface area contributed by atoms with E-state index in [9.17, 15) is 0 Å². The molecule has 0 saturated heterocycles. The second kappa shape index (κ2) is 2.34. The number of hydrogen-bond acceptors (Lipinski definition) is 2. The highest BCUT2D eigenvalue weighted by Gasteiger charge is 1.47. The smallest absolute Gasteiger partial charge is 0.182 e. The molecule has 0 N–H and O–H groups in total. The Kier molecular flexibility index (Phi) is 1.95. The molecule has 22 valence electrons. The van der Waals surface area contributed by atoms with Crippen molar-refractivity contribution in [3.63, 3.8) is 0 Å². The molecule has 0 aromatic rings. The van der Waals surface area contributed by atoms with Crippen molar-refractivity contribution in [2.45, 2.75) is 0 Å². The lowest BCUT2D eigenvalue weighted by molar-refractivity contribution is -0.122. The number of hydrogen-bond donors (Lipinski definition) is 0. The molecule has 0 aliphatic carbocycles. The molecule has 2 nitrogen and oxygen atoms in total. The fourth-order valence-corrected chi connectivity index (χ4v) is 0. The molecular weight excluding hydrogens is 58.0 g/mol. The average Bonchev–Trinajstić information content (AvgIpc) is 1.37. The van der Waals surface area contributed by atoms with Gasteiger partial charge in [-0.2, -0.15) is 0 Å². The summed E-state index contributed by atoms with van der Waals surface area (Å²) in [6.07, 6.45) is 0.389. The molecule has 0 aromatic carbocycles. The lowest BCUT2D eigenvalue weighted by atomic mass is 11.9. The van der Waals surface area contributed by atoms with Crippen LogP contribution >= 0.6 is 0 Å². The van der Waals surface area contributed by atoms with Crippen molar-refractivity contribution in [1.82, 2.24) is 0 Å². The van der Waals surface area contributed by atoms with E-state index in [4.69, 9.17) is 9.59 Å². The molecule has 0 atom stereocenters. The molecule has 0 aliphatic heterocycles. The summed E-state index contributed by atoms with van der Waals surface area (Å²) >= 11 is 0. The summed E-state index contributed by atoms with van der Waals surface area (Å²) in [7, 11) is 0. The zero-order valence-electron chi connectivity index (χ0n) is 1.97. The summed E-state index contributed by atoms with van der Waals surface area (Å²) in [5.74, 6) is 0. The summed E-state index contributed by atoms with van der Waals surface area (Å²) in [5, 5.41) is 0. The topological polar surface area (TPSA) is 34.1 Å². The molecule has 0 amide bonds. The minimum absolute atomic E-state index is 0.194. The number of carbonyl (C=O) groups is 2. The Morgan fingerprint density at radius 1 is 1.00 bits per heavy atom. The van der Waals surface area contributed by atoms with E-state index in [1.807, 2.05) is 0 Å². The zero-order valence-corrected chi connectivity index (χ0v) is 1.97. The highest BCUT2D eigenvalue weighted by Crippen LogP contribution is 1.12. The Morgan fingerprint density at radius 2 is 1.25 bits per heavy atom. The Hall–Kier alpha value is -0.660. The van der Waals surface area contributed by atoms with Crippen LogP contribution in [0.3, 0.4) is 0 Å². The fraction of sp³-hybridized carbons (Fsp3) is 0. The maximum atomic E-state index is 8.81. The summed E-state index contributed by atoms with van der Waals surface area (Å²) in [6.45, 7) is 0. The summed E-state index contributed by atoms with van der Waals surface area (Å²) in [6, 6.07) is 0. The molecule has 0 heterocycles. The largest absolute Gasteiger partial charge is 0.295 e. The third-order valence-electron chi connectivity index (χ3n) is 0.0556. The van der Waals surface area contributed by atoms with Gasteiger partial charge >= 0.3 is 0 Å². The first-order valence-electron chi connectivity index (χ1n) is 0.805. The number of aldehydes is 2. The summed E-state index contributed by atoms with van der Waals surface area (Å²) in [5.41, 5.74) is 0. The van der Waals surface area contributed by atoms with Gasteiger partial charge in [0.15, 0.2) is 12.6 Å². The predicted octanol–water partition coefficient (Wildman–Crippen LogP) is -0.616. The van der Waals surface area contributed by atoms with Crippen molar-refractivity contribution in [3.05, 3.63) is 0 Å². The average molecular weight is 60.0 g/mol. The van der Waals surface area contributed by atoms with Crippen molar-refractivity contribution < 1.29 is 9.59 Å². The molecule has 0 rings (SSSR count). The molecule has 0 spiro atoms. The van der Waals surface area contributed by atoms with Crippen LogP contribution in [-0.2, 0) is 9.59 Å². The van der Waals surface area contributed by atoms with Crippen molar-refractivity contribution in [1.29, 1.82) is 0 Å². The fourth-order valence-electron chi connectivity index (χ4n) is 0. The predicted molar refractivity (Wildman–Crippen MR) is 12.1 cm³/mol. The van der Waals surface area contributed by atoms with Gasteiger partial charge in [0.2, 0.25) is 0 Å². The lowest BCUT2D eigenvalue weighted by Crippen LogP contribution is -1.62. The van der Waals surface area contributed by atoms with Crippen molar-refractivity contribution in [3.8, 4) is 0 Å². The SMILES string of the molecule is O=[13CH][13CH]=O. The molecule has 0 aliphatic rings. The molecular formula is C2H2O2. The van der Waals surface area contributed by atoms with E-state index in [-0.39, 0.29) is 12.6 Å². The van der Waals surface area contributed by atoms with Crippen LogP contribution in [0.4, 0.5) is 0 Å². The third-order valence-corrected chi connectivity index (χ3v) is 0.0556. The van der Waals surface area contributed by atoms with Crippen LogP contribution in [-0.4, -0.2) is 12.6 Å². The second-order valence-corrected chi connectivity index (χ2v) is 0.272. The maximum Gasteiger partial charge on any atom is 0.182 e. The summed E-state index contributed by atoms with van der Waals surface area (Å²) in [4.78, 5) is 17.6. The normalized spacial score (nSPS) is 5.00. The number of rotatable bonds is 1. The van der Waals surface area contributed by atoms with Gasteiger partial charge in [-0.05, 0) is 0 Å². The standard InChI is InChI=1S/C2H2O2/c3-1-2-4/h1-2H/i1+1,2+1. The minimum Gasteiger partial charge on any atom is -0.295 e. The molecule has 0 bridgehead atoms. The van der Waals surface area contributed by atoms with Gasteiger partial charge in [0.25, 0.3) is 0 Å². The molecule has 0 radical (unpaired) electrons. The minimum atomic E-state index is 0.194. The molecule has 0 saturated carbocycles. The Bertz CT molecular complexity index is 25.0. The van der Waals surface area contributed by atoms with E-state index < -0.39 is 0 Å². The maximum absolute atomic E-state index is 8.81.